The van der Waals surface area contributed by atoms with Crippen molar-refractivity contribution in [1.29, 1.82) is 0 Å². The normalized spacial score (nSPS) is 19.0. The Morgan fingerprint density at radius 3 is 2.91 bits per heavy atom. The maximum atomic E-state index is 4.61. The second-order valence-electron chi connectivity index (χ2n) is 6.70. The van der Waals surface area contributed by atoms with Crippen molar-refractivity contribution in [1.82, 2.24) is 20.1 Å². The number of rotatable bonds is 4. The predicted octanol–water partition coefficient (Wildman–Crippen LogP) is 2.63. The summed E-state index contributed by atoms with van der Waals surface area (Å²) in [5.74, 6) is 0.753. The molecule has 22 heavy (non-hydrogen) atoms. The molecule has 0 saturated heterocycles. The Bertz CT molecular complexity index is 657. The van der Waals surface area contributed by atoms with Gasteiger partial charge in [-0.15, -0.1) is 0 Å². The lowest BCUT2D eigenvalue weighted by Crippen LogP contribution is -2.29. The van der Waals surface area contributed by atoms with Crippen LogP contribution in [-0.2, 0) is 19.3 Å². The van der Waals surface area contributed by atoms with Crippen molar-refractivity contribution in [2.75, 3.05) is 19.6 Å². The van der Waals surface area contributed by atoms with Crippen molar-refractivity contribution in [3.8, 4) is 0 Å². The molecule has 3 heterocycles. The number of aromatic amines is 1. The largest absolute Gasteiger partial charge is 0.302 e. The third-order valence-electron chi connectivity index (χ3n) is 4.94. The van der Waals surface area contributed by atoms with Gasteiger partial charge in [-0.1, -0.05) is 6.07 Å². The highest BCUT2D eigenvalue weighted by Gasteiger charge is 2.30. The van der Waals surface area contributed by atoms with E-state index in [1.165, 1.54) is 35.5 Å². The van der Waals surface area contributed by atoms with Crippen LogP contribution in [-0.4, -0.2) is 39.7 Å². The number of aryl methyl sites for hydroxylation is 1. The van der Waals surface area contributed by atoms with E-state index in [0.29, 0.717) is 0 Å². The van der Waals surface area contributed by atoms with Crippen molar-refractivity contribution in [3.05, 3.63) is 46.5 Å². The van der Waals surface area contributed by atoms with Crippen LogP contribution in [0.1, 0.15) is 47.1 Å². The average Bonchev–Trinajstić information content (AvgIpc) is 3.31. The number of fused-ring (bicyclic) bond motifs is 1. The van der Waals surface area contributed by atoms with Crippen molar-refractivity contribution in [2.24, 2.45) is 0 Å². The van der Waals surface area contributed by atoms with Crippen molar-refractivity contribution >= 4 is 0 Å². The van der Waals surface area contributed by atoms with E-state index in [2.05, 4.69) is 45.2 Å². The molecule has 4 nitrogen and oxygen atoms in total. The zero-order valence-corrected chi connectivity index (χ0v) is 13.3. The number of hydrogen-bond donors (Lipinski definition) is 1. The number of H-pyrrole nitrogens is 1. The Balaban J connectivity index is 1.37. The van der Waals surface area contributed by atoms with Gasteiger partial charge in [0.05, 0.1) is 5.69 Å². The first-order chi connectivity index (χ1) is 10.8. The molecule has 0 radical (unpaired) electrons. The molecule has 0 amide bonds. The molecule has 0 unspecified atom stereocenters. The lowest BCUT2D eigenvalue weighted by atomic mass is 10.1. The van der Waals surface area contributed by atoms with Gasteiger partial charge in [-0.05, 0) is 43.9 Å². The molecule has 1 N–H and O–H groups in total. The Hall–Kier alpha value is -1.68. The third-order valence-corrected chi connectivity index (χ3v) is 4.94. The van der Waals surface area contributed by atoms with Gasteiger partial charge in [-0.3, -0.25) is 10.1 Å². The molecule has 1 saturated carbocycles. The van der Waals surface area contributed by atoms with Crippen LogP contribution in [0.2, 0.25) is 0 Å². The predicted molar refractivity (Wildman–Crippen MR) is 87.1 cm³/mol. The summed E-state index contributed by atoms with van der Waals surface area (Å²) in [7, 11) is 0. The van der Waals surface area contributed by atoms with E-state index < -0.39 is 0 Å². The monoisotopic (exact) mass is 296 g/mol. The zero-order chi connectivity index (χ0) is 14.9. The van der Waals surface area contributed by atoms with Gasteiger partial charge in [0.15, 0.2) is 0 Å². The summed E-state index contributed by atoms with van der Waals surface area (Å²) >= 11 is 0. The van der Waals surface area contributed by atoms with Crippen LogP contribution in [0.3, 0.4) is 0 Å². The minimum atomic E-state index is 0.753. The first kappa shape index (κ1) is 13.9. The van der Waals surface area contributed by atoms with Crippen LogP contribution < -0.4 is 0 Å². The highest BCUT2D eigenvalue weighted by atomic mass is 15.2. The van der Waals surface area contributed by atoms with Crippen molar-refractivity contribution in [3.63, 3.8) is 0 Å². The number of hydrogen-bond acceptors (Lipinski definition) is 3. The second kappa shape index (κ2) is 5.84. The summed E-state index contributed by atoms with van der Waals surface area (Å²) < 4.78 is 0. The van der Waals surface area contributed by atoms with Gasteiger partial charge >= 0.3 is 0 Å². The first-order valence-corrected chi connectivity index (χ1v) is 8.50. The van der Waals surface area contributed by atoms with E-state index >= 15 is 0 Å². The Morgan fingerprint density at radius 2 is 2.09 bits per heavy atom. The number of nitrogens with one attached hydrogen (secondary N) is 1. The molecule has 0 atom stereocenters. The fraction of sp³-hybridized carbons (Fsp3) is 0.556. The second-order valence-corrected chi connectivity index (χ2v) is 6.70. The summed E-state index contributed by atoms with van der Waals surface area (Å²) in [6.45, 7) is 5.45. The maximum Gasteiger partial charge on any atom is 0.0688 e. The molecule has 116 valence electrons. The van der Waals surface area contributed by atoms with Gasteiger partial charge in [0.1, 0.15) is 0 Å². The quantitative estimate of drug-likeness (QED) is 0.943. The lowest BCUT2D eigenvalue weighted by molar-refractivity contribution is 0.289. The third kappa shape index (κ3) is 2.93. The lowest BCUT2D eigenvalue weighted by Gasteiger charge is -2.19. The number of nitrogens with zero attached hydrogens (tertiary/aromatic N) is 3. The Kier molecular flexibility index (Phi) is 3.70. The van der Waals surface area contributed by atoms with Crippen LogP contribution in [0.5, 0.6) is 0 Å². The molecule has 0 spiro atoms. The molecule has 4 rings (SSSR count). The fourth-order valence-electron chi connectivity index (χ4n) is 3.48. The molecule has 0 aromatic carbocycles. The van der Waals surface area contributed by atoms with Gasteiger partial charge < -0.3 is 4.90 Å². The first-order valence-electron chi connectivity index (χ1n) is 8.50. The van der Waals surface area contributed by atoms with Gasteiger partial charge in [0.25, 0.3) is 0 Å². The zero-order valence-electron chi connectivity index (χ0n) is 13.3. The van der Waals surface area contributed by atoms with E-state index in [0.717, 1.165) is 50.5 Å². The van der Waals surface area contributed by atoms with Crippen LogP contribution >= 0.6 is 0 Å². The van der Waals surface area contributed by atoms with Crippen LogP contribution in [0.15, 0.2) is 18.2 Å². The number of aromatic nitrogens is 3. The van der Waals surface area contributed by atoms with Gasteiger partial charge in [0.2, 0.25) is 0 Å². The van der Waals surface area contributed by atoms with E-state index in [4.69, 9.17) is 0 Å². The highest BCUT2D eigenvalue weighted by Crippen LogP contribution is 2.41. The standard InChI is InChI=1S/C18H24N4/c1-13-3-2-4-15(19-13)7-10-22-11-8-16-17(9-12-22)20-21-18(16)14-5-6-14/h2-4,14H,5-12H2,1H3,(H,20,21). The molecule has 2 aromatic heterocycles. The average molecular weight is 296 g/mol. The summed E-state index contributed by atoms with van der Waals surface area (Å²) in [5, 5.41) is 7.88. The molecule has 1 fully saturated rings. The highest BCUT2D eigenvalue weighted by molar-refractivity contribution is 5.32. The van der Waals surface area contributed by atoms with Crippen molar-refractivity contribution in [2.45, 2.75) is 44.9 Å². The Labute approximate surface area is 132 Å². The van der Waals surface area contributed by atoms with E-state index in [1.807, 2.05) is 0 Å². The fourth-order valence-corrected chi connectivity index (χ4v) is 3.48. The van der Waals surface area contributed by atoms with Gasteiger partial charge in [-0.25, -0.2) is 0 Å². The van der Waals surface area contributed by atoms with Crippen molar-refractivity contribution < 1.29 is 0 Å². The van der Waals surface area contributed by atoms with E-state index in [9.17, 15) is 0 Å². The van der Waals surface area contributed by atoms with E-state index in [1.54, 1.807) is 0 Å². The minimum Gasteiger partial charge on any atom is -0.302 e. The SMILES string of the molecule is Cc1cccc(CCN2CCc3[nH]nc(C4CC4)c3CC2)n1. The molecule has 2 aliphatic rings. The molecular formula is C18H24N4. The summed E-state index contributed by atoms with van der Waals surface area (Å²) in [5.41, 5.74) is 6.61. The summed E-state index contributed by atoms with van der Waals surface area (Å²) in [6, 6.07) is 6.31. The molecule has 4 heteroatoms. The summed E-state index contributed by atoms with van der Waals surface area (Å²) in [6.07, 6.45) is 5.97. The smallest absolute Gasteiger partial charge is 0.0688 e. The van der Waals surface area contributed by atoms with Gasteiger partial charge in [-0.2, -0.15) is 5.10 Å². The van der Waals surface area contributed by atoms with Crippen LogP contribution in [0.25, 0.3) is 0 Å². The van der Waals surface area contributed by atoms with Gasteiger partial charge in [0, 0.05) is 55.5 Å². The molecule has 0 bridgehead atoms. The van der Waals surface area contributed by atoms with E-state index in [-0.39, 0.29) is 0 Å². The maximum absolute atomic E-state index is 4.61. The Morgan fingerprint density at radius 1 is 1.23 bits per heavy atom. The molecular weight excluding hydrogens is 272 g/mol. The summed E-state index contributed by atoms with van der Waals surface area (Å²) in [4.78, 5) is 7.19. The van der Waals surface area contributed by atoms with Crippen LogP contribution in [0, 0.1) is 6.92 Å². The molecule has 2 aromatic rings. The van der Waals surface area contributed by atoms with Crippen LogP contribution in [0.4, 0.5) is 0 Å². The number of pyridine rings is 1. The minimum absolute atomic E-state index is 0.753. The topological polar surface area (TPSA) is 44.8 Å². The molecule has 1 aliphatic heterocycles. The molecule has 1 aliphatic carbocycles.